The van der Waals surface area contributed by atoms with E-state index < -0.39 is 15.9 Å². The molecule has 0 spiro atoms. The molecule has 0 aromatic heterocycles. The van der Waals surface area contributed by atoms with Crippen molar-refractivity contribution in [1.82, 2.24) is 0 Å². The molecule has 26 heavy (non-hydrogen) atoms. The van der Waals surface area contributed by atoms with Crippen LogP contribution >= 0.6 is 15.9 Å². The second-order valence-corrected chi connectivity index (χ2v) is 7.97. The monoisotopic (exact) mass is 430 g/mol. The highest BCUT2D eigenvalue weighted by Crippen LogP contribution is 2.23. The van der Waals surface area contributed by atoms with Crippen molar-refractivity contribution in [2.24, 2.45) is 0 Å². The average Bonchev–Trinajstić information content (AvgIpc) is 2.64. The molecule has 0 heterocycles. The van der Waals surface area contributed by atoms with Crippen LogP contribution in [0.15, 0.2) is 88.2 Å². The summed E-state index contributed by atoms with van der Waals surface area (Å²) in [5.41, 5.74) is 1.31. The van der Waals surface area contributed by atoms with E-state index in [4.69, 9.17) is 0 Å². The highest BCUT2D eigenvalue weighted by molar-refractivity contribution is 9.10. The first kappa shape index (κ1) is 18.2. The lowest BCUT2D eigenvalue weighted by Gasteiger charge is -2.10. The molecule has 3 aromatic rings. The van der Waals surface area contributed by atoms with E-state index >= 15 is 0 Å². The number of para-hydroxylation sites is 2. The predicted molar refractivity (Wildman–Crippen MR) is 106 cm³/mol. The molecule has 2 N–H and O–H groups in total. The first-order chi connectivity index (χ1) is 12.5. The van der Waals surface area contributed by atoms with E-state index in [2.05, 4.69) is 26.0 Å². The Morgan fingerprint density at radius 1 is 0.846 bits per heavy atom. The van der Waals surface area contributed by atoms with Crippen molar-refractivity contribution in [1.29, 1.82) is 0 Å². The quantitative estimate of drug-likeness (QED) is 0.625. The Balaban J connectivity index is 1.83. The standard InChI is InChI=1S/C19H15BrN2O3S/c20-17-11-4-5-12-18(17)21-19(23)14-7-6-10-16(13-14)26(24,25)22-15-8-2-1-3-9-15/h1-13,22H,(H,21,23). The van der Waals surface area contributed by atoms with Crippen LogP contribution in [0, 0.1) is 0 Å². The third kappa shape index (κ3) is 4.30. The molecule has 3 aromatic carbocycles. The van der Waals surface area contributed by atoms with Gasteiger partial charge < -0.3 is 5.32 Å². The third-order valence-electron chi connectivity index (χ3n) is 3.55. The number of rotatable bonds is 5. The molecule has 0 aliphatic carbocycles. The molecule has 0 unspecified atom stereocenters. The van der Waals surface area contributed by atoms with Crippen LogP contribution in [-0.4, -0.2) is 14.3 Å². The zero-order chi connectivity index (χ0) is 18.6. The van der Waals surface area contributed by atoms with Gasteiger partial charge in [0.25, 0.3) is 15.9 Å². The molecule has 5 nitrogen and oxygen atoms in total. The minimum atomic E-state index is -3.79. The van der Waals surface area contributed by atoms with Crippen LogP contribution in [0.5, 0.6) is 0 Å². The summed E-state index contributed by atoms with van der Waals surface area (Å²) in [6.07, 6.45) is 0. The lowest BCUT2D eigenvalue weighted by Crippen LogP contribution is -2.16. The maximum Gasteiger partial charge on any atom is 0.261 e. The van der Waals surface area contributed by atoms with Crippen LogP contribution in [0.2, 0.25) is 0 Å². The lowest BCUT2D eigenvalue weighted by molar-refractivity contribution is 0.102. The number of halogens is 1. The molecule has 0 saturated carbocycles. The van der Waals surface area contributed by atoms with Gasteiger partial charge in [0.2, 0.25) is 0 Å². The summed E-state index contributed by atoms with van der Waals surface area (Å²) in [4.78, 5) is 12.5. The maximum atomic E-state index is 12.5. The van der Waals surface area contributed by atoms with E-state index in [1.165, 1.54) is 18.2 Å². The molecule has 1 amide bonds. The highest BCUT2D eigenvalue weighted by Gasteiger charge is 2.17. The molecule has 7 heteroatoms. The predicted octanol–water partition coefficient (Wildman–Crippen LogP) is 4.50. The Kier molecular flexibility index (Phi) is 5.39. The Labute approximate surface area is 160 Å². The summed E-state index contributed by atoms with van der Waals surface area (Å²) in [5, 5.41) is 2.75. The molecule has 3 rings (SSSR count). The number of amides is 1. The molecule has 0 aliphatic rings. The second kappa shape index (κ2) is 7.72. The second-order valence-electron chi connectivity index (χ2n) is 5.43. The molecule has 0 atom stereocenters. The molecule has 0 radical (unpaired) electrons. The van der Waals surface area contributed by atoms with E-state index in [9.17, 15) is 13.2 Å². The Hall–Kier alpha value is -2.64. The van der Waals surface area contributed by atoms with Gasteiger partial charge in [-0.25, -0.2) is 8.42 Å². The van der Waals surface area contributed by atoms with Crippen molar-refractivity contribution >= 4 is 43.2 Å². The number of benzene rings is 3. The van der Waals surface area contributed by atoms with Gasteiger partial charge in [0, 0.05) is 15.7 Å². The number of nitrogens with one attached hydrogen (secondary N) is 2. The van der Waals surface area contributed by atoms with Crippen LogP contribution in [-0.2, 0) is 10.0 Å². The number of hydrogen-bond acceptors (Lipinski definition) is 3. The number of carbonyl (C=O) groups excluding carboxylic acids is 1. The summed E-state index contributed by atoms with van der Waals surface area (Å²) in [6, 6.07) is 21.7. The highest BCUT2D eigenvalue weighted by atomic mass is 79.9. The van der Waals surface area contributed by atoms with Crippen molar-refractivity contribution in [2.45, 2.75) is 4.90 Å². The van der Waals surface area contributed by atoms with Gasteiger partial charge in [-0.15, -0.1) is 0 Å². The van der Waals surface area contributed by atoms with Crippen molar-refractivity contribution in [3.05, 3.63) is 88.9 Å². The zero-order valence-corrected chi connectivity index (χ0v) is 15.9. The van der Waals surface area contributed by atoms with E-state index in [0.29, 0.717) is 11.4 Å². The van der Waals surface area contributed by atoms with Crippen LogP contribution in [0.3, 0.4) is 0 Å². The van der Waals surface area contributed by atoms with Crippen LogP contribution in [0.4, 0.5) is 11.4 Å². The van der Waals surface area contributed by atoms with Gasteiger partial charge in [-0.05, 0) is 58.4 Å². The topological polar surface area (TPSA) is 75.3 Å². The SMILES string of the molecule is O=C(Nc1ccccc1Br)c1cccc(S(=O)(=O)Nc2ccccc2)c1. The van der Waals surface area contributed by atoms with Crippen molar-refractivity contribution in [3.8, 4) is 0 Å². The Morgan fingerprint density at radius 2 is 1.54 bits per heavy atom. The number of hydrogen-bond donors (Lipinski definition) is 2. The minimum Gasteiger partial charge on any atom is -0.321 e. The number of carbonyl (C=O) groups is 1. The molecule has 0 saturated heterocycles. The smallest absolute Gasteiger partial charge is 0.261 e. The first-order valence-corrected chi connectivity index (χ1v) is 9.97. The van der Waals surface area contributed by atoms with Crippen molar-refractivity contribution in [3.63, 3.8) is 0 Å². The van der Waals surface area contributed by atoms with Gasteiger partial charge >= 0.3 is 0 Å². The Morgan fingerprint density at radius 3 is 2.27 bits per heavy atom. The molecular formula is C19H15BrN2O3S. The largest absolute Gasteiger partial charge is 0.321 e. The minimum absolute atomic E-state index is 0.0149. The fourth-order valence-corrected chi connectivity index (χ4v) is 3.77. The Bertz CT molecular complexity index is 1040. The van der Waals surface area contributed by atoms with Gasteiger partial charge in [-0.2, -0.15) is 0 Å². The molecular weight excluding hydrogens is 416 g/mol. The van der Waals surface area contributed by atoms with Gasteiger partial charge in [-0.3, -0.25) is 9.52 Å². The van der Waals surface area contributed by atoms with Gasteiger partial charge in [0.1, 0.15) is 0 Å². The van der Waals surface area contributed by atoms with E-state index in [0.717, 1.165) is 4.47 Å². The van der Waals surface area contributed by atoms with Crippen LogP contribution < -0.4 is 10.0 Å². The zero-order valence-electron chi connectivity index (χ0n) is 13.5. The lowest BCUT2D eigenvalue weighted by atomic mass is 10.2. The summed E-state index contributed by atoms with van der Waals surface area (Å²) in [5.74, 6) is -0.395. The van der Waals surface area contributed by atoms with Gasteiger partial charge in [-0.1, -0.05) is 36.4 Å². The summed E-state index contributed by atoms with van der Waals surface area (Å²) >= 11 is 3.36. The van der Waals surface area contributed by atoms with Crippen LogP contribution in [0.25, 0.3) is 0 Å². The fraction of sp³-hybridized carbons (Fsp3) is 0. The summed E-state index contributed by atoms with van der Waals surface area (Å²) in [6.45, 7) is 0. The first-order valence-electron chi connectivity index (χ1n) is 7.69. The van der Waals surface area contributed by atoms with Crippen LogP contribution in [0.1, 0.15) is 10.4 Å². The summed E-state index contributed by atoms with van der Waals surface area (Å²) in [7, 11) is -3.79. The number of anilines is 2. The molecule has 0 bridgehead atoms. The maximum absolute atomic E-state index is 12.5. The van der Waals surface area contributed by atoms with Crippen molar-refractivity contribution in [2.75, 3.05) is 10.0 Å². The van der Waals surface area contributed by atoms with E-state index in [1.807, 2.05) is 6.07 Å². The molecule has 132 valence electrons. The average molecular weight is 431 g/mol. The number of sulfonamides is 1. The third-order valence-corrected chi connectivity index (χ3v) is 5.63. The fourth-order valence-electron chi connectivity index (χ4n) is 2.28. The van der Waals surface area contributed by atoms with Crippen molar-refractivity contribution < 1.29 is 13.2 Å². The van der Waals surface area contributed by atoms with E-state index in [1.54, 1.807) is 54.6 Å². The molecule has 0 fully saturated rings. The van der Waals surface area contributed by atoms with Gasteiger partial charge in [0.05, 0.1) is 10.6 Å². The normalized spacial score (nSPS) is 11.0. The summed E-state index contributed by atoms with van der Waals surface area (Å²) < 4.78 is 28.3. The molecule has 0 aliphatic heterocycles. The van der Waals surface area contributed by atoms with E-state index in [-0.39, 0.29) is 10.5 Å². The van der Waals surface area contributed by atoms with Gasteiger partial charge in [0.15, 0.2) is 0 Å².